The number of nitrogens with one attached hydrogen (secondary N) is 1. The van der Waals surface area contributed by atoms with Crippen molar-refractivity contribution >= 4 is 49.5 Å². The molecule has 3 aromatic rings. The van der Waals surface area contributed by atoms with Crippen molar-refractivity contribution in [2.24, 2.45) is 11.8 Å². The van der Waals surface area contributed by atoms with Crippen molar-refractivity contribution in [3.8, 4) is 0 Å². The number of nitrogens with zero attached hydrogens (tertiary/aromatic N) is 3. The van der Waals surface area contributed by atoms with E-state index in [1.54, 1.807) is 5.38 Å². The fourth-order valence-electron chi connectivity index (χ4n) is 4.96. The Balaban J connectivity index is 1.20. The summed E-state index contributed by atoms with van der Waals surface area (Å²) in [5.41, 5.74) is 1.02. The number of sulfone groups is 1. The van der Waals surface area contributed by atoms with Crippen molar-refractivity contribution in [2.75, 3.05) is 31.8 Å². The fourth-order valence-corrected chi connectivity index (χ4v) is 7.82. The molecule has 9 heteroatoms. The van der Waals surface area contributed by atoms with Gasteiger partial charge in [0, 0.05) is 49.0 Å². The summed E-state index contributed by atoms with van der Waals surface area (Å²) in [6, 6.07) is 8.23. The zero-order valence-corrected chi connectivity index (χ0v) is 23.1. The minimum atomic E-state index is -3.27. The highest BCUT2D eigenvalue weighted by Crippen LogP contribution is 2.33. The Morgan fingerprint density at radius 1 is 1.11 bits per heavy atom. The van der Waals surface area contributed by atoms with Crippen molar-refractivity contribution in [2.45, 2.75) is 56.4 Å². The highest BCUT2D eigenvalue weighted by Gasteiger charge is 2.22. The summed E-state index contributed by atoms with van der Waals surface area (Å²) in [5.74, 6) is 3.39. The molecule has 6 nitrogen and oxygen atoms in total. The lowest BCUT2D eigenvalue weighted by atomic mass is 9.80. The molecule has 0 radical (unpaired) electrons. The number of hydrogen-bond acceptors (Lipinski definition) is 7. The van der Waals surface area contributed by atoms with E-state index < -0.39 is 9.84 Å². The molecule has 1 N–H and O–H groups in total. The largest absolute Gasteiger partial charge is 0.362 e. The first-order valence-corrected chi connectivity index (χ1v) is 15.5. The Labute approximate surface area is 218 Å². The first-order chi connectivity index (χ1) is 16.7. The molecular formula is C26H35ClN4O2S2. The third kappa shape index (κ3) is 6.73. The van der Waals surface area contributed by atoms with E-state index >= 15 is 0 Å². The van der Waals surface area contributed by atoms with Crippen LogP contribution in [0.3, 0.4) is 0 Å². The number of benzene rings is 1. The molecule has 0 bridgehead atoms. The quantitative estimate of drug-likeness (QED) is 0.358. The van der Waals surface area contributed by atoms with Crippen molar-refractivity contribution < 1.29 is 8.42 Å². The van der Waals surface area contributed by atoms with Gasteiger partial charge in [0.2, 0.25) is 0 Å². The molecule has 2 aromatic heterocycles. The van der Waals surface area contributed by atoms with Crippen LogP contribution < -0.4 is 10.2 Å². The number of hydrogen-bond donors (Lipinski definition) is 1. The van der Waals surface area contributed by atoms with Crippen LogP contribution in [-0.4, -0.2) is 45.3 Å². The van der Waals surface area contributed by atoms with Crippen molar-refractivity contribution in [3.63, 3.8) is 0 Å². The van der Waals surface area contributed by atoms with E-state index in [1.165, 1.54) is 49.7 Å². The minimum Gasteiger partial charge on any atom is -0.362 e. The molecule has 1 aliphatic carbocycles. The maximum absolute atomic E-state index is 11.8. The van der Waals surface area contributed by atoms with Gasteiger partial charge in [0.25, 0.3) is 0 Å². The van der Waals surface area contributed by atoms with E-state index in [1.807, 2.05) is 26.2 Å². The highest BCUT2D eigenvalue weighted by molar-refractivity contribution is 7.91. The zero-order valence-electron chi connectivity index (χ0n) is 20.8. The minimum absolute atomic E-state index is 0.244. The summed E-state index contributed by atoms with van der Waals surface area (Å²) >= 11 is 7.69. The van der Waals surface area contributed by atoms with Gasteiger partial charge in [-0.3, -0.25) is 0 Å². The molecule has 1 saturated carbocycles. The molecule has 0 aliphatic heterocycles. The van der Waals surface area contributed by atoms with Gasteiger partial charge in [-0.05, 0) is 49.8 Å². The summed E-state index contributed by atoms with van der Waals surface area (Å²) < 4.78 is 23.5. The summed E-state index contributed by atoms with van der Waals surface area (Å²) in [6.45, 7) is 1.58. The number of rotatable bonds is 10. The Bertz CT molecular complexity index is 1250. The number of aromatic nitrogens is 2. The molecule has 35 heavy (non-hydrogen) atoms. The number of thiophene rings is 1. The van der Waals surface area contributed by atoms with Crippen molar-refractivity contribution in [3.05, 3.63) is 45.4 Å². The van der Waals surface area contributed by atoms with E-state index in [0.29, 0.717) is 17.5 Å². The van der Waals surface area contributed by atoms with Crippen LogP contribution in [0.15, 0.2) is 34.5 Å². The number of fused-ring (bicyclic) bond motifs is 1. The van der Waals surface area contributed by atoms with E-state index in [2.05, 4.69) is 22.3 Å². The molecule has 1 fully saturated rings. The third-order valence-electron chi connectivity index (χ3n) is 6.92. The Morgan fingerprint density at radius 3 is 2.51 bits per heavy atom. The number of halogens is 1. The molecule has 0 amide bonds. The Hall–Kier alpha value is -1.74. The topological polar surface area (TPSA) is 75.2 Å². The lowest BCUT2D eigenvalue weighted by Gasteiger charge is -2.28. The van der Waals surface area contributed by atoms with E-state index in [4.69, 9.17) is 21.6 Å². The highest BCUT2D eigenvalue weighted by atomic mass is 35.5. The second-order valence-corrected chi connectivity index (χ2v) is 13.2. The predicted octanol–water partition coefficient (Wildman–Crippen LogP) is 5.73. The molecule has 2 heterocycles. The molecule has 1 aliphatic rings. The van der Waals surface area contributed by atoms with E-state index in [-0.39, 0.29) is 4.90 Å². The van der Waals surface area contributed by atoms with Gasteiger partial charge in [-0.25, -0.2) is 18.4 Å². The Kier molecular flexibility index (Phi) is 8.68. The van der Waals surface area contributed by atoms with Crippen LogP contribution in [0.5, 0.6) is 0 Å². The Morgan fingerprint density at radius 2 is 1.83 bits per heavy atom. The predicted molar refractivity (Wildman–Crippen MR) is 146 cm³/mol. The molecule has 4 rings (SSSR count). The monoisotopic (exact) mass is 534 g/mol. The summed E-state index contributed by atoms with van der Waals surface area (Å²) in [5, 5.41) is 6.62. The molecule has 0 saturated heterocycles. The standard InChI is InChI=1S/C26H35ClN4O2S2/c1-31(2)26-20-8-4-5-9-21(20)29-24(30-26)10-6-7-18-11-13-19(14-12-18)15-28-16-22-25(27)23(17-34-22)35(3,32)33/h4-5,8-9,17-19,28H,6-7,10-16H2,1-3H3. The average molecular weight is 535 g/mol. The zero-order chi connectivity index (χ0) is 25.0. The SMILES string of the molecule is CN(C)c1nc(CCCC2CCC(CNCc3scc(S(C)(=O)=O)c3Cl)CC2)nc2ccccc12. The average Bonchev–Trinajstić information content (AvgIpc) is 3.20. The smallest absolute Gasteiger partial charge is 0.177 e. The molecule has 0 atom stereocenters. The first kappa shape index (κ1) is 26.3. The maximum atomic E-state index is 11.8. The molecular weight excluding hydrogens is 500 g/mol. The normalized spacial score (nSPS) is 18.7. The van der Waals surface area contributed by atoms with Crippen LogP contribution in [0.25, 0.3) is 10.9 Å². The van der Waals surface area contributed by atoms with Crippen LogP contribution in [0.4, 0.5) is 5.82 Å². The lowest BCUT2D eigenvalue weighted by Crippen LogP contribution is -2.26. The number of aryl methyl sites for hydroxylation is 1. The molecule has 0 spiro atoms. The van der Waals surface area contributed by atoms with E-state index in [0.717, 1.165) is 52.7 Å². The van der Waals surface area contributed by atoms with Gasteiger partial charge in [0.1, 0.15) is 11.6 Å². The van der Waals surface area contributed by atoms with Crippen LogP contribution in [0.2, 0.25) is 5.02 Å². The molecule has 0 unspecified atom stereocenters. The lowest BCUT2D eigenvalue weighted by molar-refractivity contribution is 0.254. The van der Waals surface area contributed by atoms with Crippen LogP contribution in [0, 0.1) is 11.8 Å². The fraction of sp³-hybridized carbons (Fsp3) is 0.538. The van der Waals surface area contributed by atoms with Gasteiger partial charge in [-0.2, -0.15) is 0 Å². The third-order valence-corrected chi connectivity index (χ3v) is 9.83. The van der Waals surface area contributed by atoms with Gasteiger partial charge in [-0.1, -0.05) is 43.0 Å². The van der Waals surface area contributed by atoms with Crippen LogP contribution >= 0.6 is 22.9 Å². The van der Waals surface area contributed by atoms with Gasteiger partial charge >= 0.3 is 0 Å². The van der Waals surface area contributed by atoms with Gasteiger partial charge in [-0.15, -0.1) is 11.3 Å². The number of anilines is 1. The van der Waals surface area contributed by atoms with Crippen molar-refractivity contribution in [1.29, 1.82) is 0 Å². The van der Waals surface area contributed by atoms with Gasteiger partial charge < -0.3 is 10.2 Å². The van der Waals surface area contributed by atoms with Gasteiger partial charge in [0.15, 0.2) is 9.84 Å². The number of para-hydroxylation sites is 1. The van der Waals surface area contributed by atoms with Crippen molar-refractivity contribution in [1.82, 2.24) is 15.3 Å². The van der Waals surface area contributed by atoms with Crippen LogP contribution in [-0.2, 0) is 22.8 Å². The second-order valence-electron chi connectivity index (χ2n) is 9.89. The molecule has 190 valence electrons. The van der Waals surface area contributed by atoms with Gasteiger partial charge in [0.05, 0.1) is 15.4 Å². The summed E-state index contributed by atoms with van der Waals surface area (Å²) in [7, 11) is 0.806. The second kappa shape index (κ2) is 11.5. The maximum Gasteiger partial charge on any atom is 0.177 e. The first-order valence-electron chi connectivity index (χ1n) is 12.3. The summed E-state index contributed by atoms with van der Waals surface area (Å²) in [4.78, 5) is 12.9. The van der Waals surface area contributed by atoms with Crippen LogP contribution in [0.1, 0.15) is 49.2 Å². The van der Waals surface area contributed by atoms with E-state index in [9.17, 15) is 8.42 Å². The summed E-state index contributed by atoms with van der Waals surface area (Å²) in [6.07, 6.45) is 9.49. The molecule has 1 aromatic carbocycles.